The number of nitrogens with zero attached hydrogens (tertiary/aromatic N) is 1. The van der Waals surface area contributed by atoms with Crippen molar-refractivity contribution >= 4 is 48.2 Å². The number of hydrogen-bond acceptors (Lipinski definition) is 8. The van der Waals surface area contributed by atoms with E-state index in [0.29, 0.717) is 6.42 Å². The summed E-state index contributed by atoms with van der Waals surface area (Å²) in [4.78, 5) is 63.5. The SMILES string of the molecule is CC(C)C(NC(=O)C(CS)NC(=O)C(CC(=O)O)NC(=O)C(N)CCCN=C(N)N)C(=O)O. The van der Waals surface area contributed by atoms with E-state index in [1.54, 1.807) is 13.8 Å². The molecule has 0 aromatic rings. The Hall–Kier alpha value is -3.07. The maximum Gasteiger partial charge on any atom is 0.326 e. The largest absolute Gasteiger partial charge is 0.481 e. The van der Waals surface area contributed by atoms with Crippen LogP contribution in [0.1, 0.15) is 33.1 Å². The van der Waals surface area contributed by atoms with Gasteiger partial charge in [-0.3, -0.25) is 24.2 Å². The average molecular weight is 492 g/mol. The Morgan fingerprint density at radius 3 is 1.94 bits per heavy atom. The second-order valence-corrected chi connectivity index (χ2v) is 7.89. The van der Waals surface area contributed by atoms with Crippen LogP contribution in [0.4, 0.5) is 0 Å². The van der Waals surface area contributed by atoms with E-state index in [4.69, 9.17) is 22.3 Å². The molecule has 15 heteroatoms. The van der Waals surface area contributed by atoms with Crippen molar-refractivity contribution in [1.82, 2.24) is 16.0 Å². The van der Waals surface area contributed by atoms with Gasteiger partial charge in [-0.25, -0.2) is 4.79 Å². The molecule has 0 aliphatic rings. The van der Waals surface area contributed by atoms with Crippen molar-refractivity contribution in [3.63, 3.8) is 0 Å². The van der Waals surface area contributed by atoms with Crippen molar-refractivity contribution in [3.8, 4) is 0 Å². The molecule has 4 atom stereocenters. The molecule has 0 aliphatic carbocycles. The fraction of sp³-hybridized carbons (Fsp3) is 0.667. The lowest BCUT2D eigenvalue weighted by Gasteiger charge is -2.24. The summed E-state index contributed by atoms with van der Waals surface area (Å²) in [6, 6.07) is -5.07. The molecule has 0 aromatic carbocycles. The molecule has 4 unspecified atom stereocenters. The number of rotatable bonds is 15. The van der Waals surface area contributed by atoms with Gasteiger partial charge in [0, 0.05) is 12.3 Å². The second kappa shape index (κ2) is 14.9. The number of aliphatic imine (C=N–C) groups is 1. The van der Waals surface area contributed by atoms with Gasteiger partial charge in [-0.1, -0.05) is 13.8 Å². The number of nitrogens with one attached hydrogen (secondary N) is 3. The Morgan fingerprint density at radius 2 is 1.48 bits per heavy atom. The zero-order valence-corrected chi connectivity index (χ0v) is 19.4. The van der Waals surface area contributed by atoms with E-state index in [1.807, 2.05) is 0 Å². The van der Waals surface area contributed by atoms with E-state index in [-0.39, 0.29) is 24.7 Å². The molecule has 0 rings (SSSR count). The minimum absolute atomic E-state index is 0.114. The smallest absolute Gasteiger partial charge is 0.326 e. The standard InChI is InChI=1S/C18H33N7O7S/c1-8(2)13(17(31)32)25-16(30)11(7-33)24-15(29)10(6-12(26)27)23-14(28)9(19)4-3-5-22-18(20)21/h8-11,13,33H,3-7,19H2,1-2H3,(H,23,28)(H,24,29)(H,25,30)(H,26,27)(H,31,32)(H4,20,21,22). The first-order valence-corrected chi connectivity index (χ1v) is 10.7. The molecular weight excluding hydrogens is 458 g/mol. The Labute approximate surface area is 196 Å². The predicted molar refractivity (Wildman–Crippen MR) is 122 cm³/mol. The van der Waals surface area contributed by atoms with Gasteiger partial charge < -0.3 is 43.4 Å². The summed E-state index contributed by atoms with van der Waals surface area (Å²) in [5.74, 6) is -5.96. The molecule has 0 radical (unpaired) electrons. The highest BCUT2D eigenvalue weighted by Crippen LogP contribution is 2.04. The average Bonchev–Trinajstić information content (AvgIpc) is 2.71. The fourth-order valence-electron chi connectivity index (χ4n) is 2.55. The number of nitrogens with two attached hydrogens (primary N) is 3. The van der Waals surface area contributed by atoms with Crippen molar-refractivity contribution in [2.75, 3.05) is 12.3 Å². The molecule has 14 nitrogen and oxygen atoms in total. The molecule has 3 amide bonds. The Kier molecular flexibility index (Phi) is 13.5. The van der Waals surface area contributed by atoms with Gasteiger partial charge in [0.15, 0.2) is 5.96 Å². The molecule has 188 valence electrons. The third-order valence-electron chi connectivity index (χ3n) is 4.36. The summed E-state index contributed by atoms with van der Waals surface area (Å²) in [6.07, 6.45) is -0.245. The number of guanidine groups is 1. The quantitative estimate of drug-likeness (QED) is 0.0484. The van der Waals surface area contributed by atoms with Crippen molar-refractivity contribution < 1.29 is 34.2 Å². The zero-order valence-electron chi connectivity index (χ0n) is 18.5. The number of aliphatic carboxylic acids is 2. The molecule has 0 aliphatic heterocycles. The van der Waals surface area contributed by atoms with Crippen LogP contribution in [0.5, 0.6) is 0 Å². The van der Waals surface area contributed by atoms with E-state index in [2.05, 4.69) is 33.6 Å². The number of hydrogen-bond donors (Lipinski definition) is 9. The number of carbonyl (C=O) groups excluding carboxylic acids is 3. The van der Waals surface area contributed by atoms with Crippen LogP contribution in [0.15, 0.2) is 4.99 Å². The van der Waals surface area contributed by atoms with E-state index in [1.165, 1.54) is 0 Å². The molecule has 11 N–H and O–H groups in total. The summed E-state index contributed by atoms with van der Waals surface area (Å²) >= 11 is 3.98. The highest BCUT2D eigenvalue weighted by atomic mass is 32.1. The maximum absolute atomic E-state index is 12.6. The first-order chi connectivity index (χ1) is 15.3. The van der Waals surface area contributed by atoms with Crippen LogP contribution < -0.4 is 33.2 Å². The van der Waals surface area contributed by atoms with Gasteiger partial charge in [-0.2, -0.15) is 12.6 Å². The number of carboxylic acid groups (broad SMARTS) is 2. The van der Waals surface area contributed by atoms with Crippen LogP contribution in [-0.2, 0) is 24.0 Å². The lowest BCUT2D eigenvalue weighted by Crippen LogP contribution is -2.58. The van der Waals surface area contributed by atoms with Crippen LogP contribution in [0, 0.1) is 5.92 Å². The molecule has 0 saturated carbocycles. The Morgan fingerprint density at radius 1 is 0.939 bits per heavy atom. The molecule has 0 spiro atoms. The van der Waals surface area contributed by atoms with E-state index < -0.39 is 66.2 Å². The summed E-state index contributed by atoms with van der Waals surface area (Å²) in [6.45, 7) is 3.41. The predicted octanol–water partition coefficient (Wildman–Crippen LogP) is -3.03. The minimum atomic E-state index is -1.53. The summed E-state index contributed by atoms with van der Waals surface area (Å²) < 4.78 is 0. The van der Waals surface area contributed by atoms with Gasteiger partial charge in [-0.05, 0) is 18.8 Å². The minimum Gasteiger partial charge on any atom is -0.481 e. The zero-order chi connectivity index (χ0) is 25.7. The lowest BCUT2D eigenvalue weighted by atomic mass is 10.0. The van der Waals surface area contributed by atoms with Gasteiger partial charge in [0.05, 0.1) is 12.5 Å². The lowest BCUT2D eigenvalue weighted by molar-refractivity contribution is -0.144. The van der Waals surface area contributed by atoms with Crippen LogP contribution in [-0.4, -0.2) is 82.3 Å². The van der Waals surface area contributed by atoms with Crippen molar-refractivity contribution in [2.45, 2.75) is 57.3 Å². The van der Waals surface area contributed by atoms with E-state index >= 15 is 0 Å². The van der Waals surface area contributed by atoms with Crippen molar-refractivity contribution in [1.29, 1.82) is 0 Å². The summed E-state index contributed by atoms with van der Waals surface area (Å²) in [5.41, 5.74) is 16.2. The first kappa shape index (κ1) is 29.9. The van der Waals surface area contributed by atoms with Crippen LogP contribution >= 0.6 is 12.6 Å². The van der Waals surface area contributed by atoms with Crippen LogP contribution in [0.25, 0.3) is 0 Å². The molecule has 0 saturated heterocycles. The normalized spacial score (nSPS) is 14.3. The third-order valence-corrected chi connectivity index (χ3v) is 4.73. The molecule has 0 heterocycles. The van der Waals surface area contributed by atoms with Gasteiger partial charge >= 0.3 is 11.9 Å². The van der Waals surface area contributed by atoms with Gasteiger partial charge in [0.25, 0.3) is 0 Å². The monoisotopic (exact) mass is 491 g/mol. The van der Waals surface area contributed by atoms with Crippen LogP contribution in [0.3, 0.4) is 0 Å². The Balaban J connectivity index is 5.16. The summed E-state index contributed by atoms with van der Waals surface area (Å²) in [7, 11) is 0. The van der Waals surface area contributed by atoms with Crippen LogP contribution in [0.2, 0.25) is 0 Å². The molecular formula is C18H33N7O7S. The fourth-order valence-corrected chi connectivity index (χ4v) is 2.80. The number of thiol groups is 1. The van der Waals surface area contributed by atoms with Gasteiger partial charge in [-0.15, -0.1) is 0 Å². The van der Waals surface area contributed by atoms with Gasteiger partial charge in [0.2, 0.25) is 17.7 Å². The second-order valence-electron chi connectivity index (χ2n) is 7.53. The number of amides is 3. The highest BCUT2D eigenvalue weighted by Gasteiger charge is 2.31. The molecule has 33 heavy (non-hydrogen) atoms. The number of carbonyl (C=O) groups is 5. The van der Waals surface area contributed by atoms with Crippen molar-refractivity contribution in [2.24, 2.45) is 28.1 Å². The molecule has 0 aromatic heterocycles. The summed E-state index contributed by atoms with van der Waals surface area (Å²) in [5, 5.41) is 25.1. The van der Waals surface area contributed by atoms with Gasteiger partial charge in [0.1, 0.15) is 18.1 Å². The van der Waals surface area contributed by atoms with E-state index in [0.717, 1.165) is 0 Å². The highest BCUT2D eigenvalue weighted by molar-refractivity contribution is 7.80. The number of carboxylic acids is 2. The molecule has 0 fully saturated rings. The molecule has 0 bridgehead atoms. The topological polar surface area (TPSA) is 252 Å². The van der Waals surface area contributed by atoms with E-state index in [9.17, 15) is 29.1 Å². The Bertz CT molecular complexity index is 744. The van der Waals surface area contributed by atoms with Crippen molar-refractivity contribution in [3.05, 3.63) is 0 Å². The third kappa shape index (κ3) is 11.9. The maximum atomic E-state index is 12.6. The first-order valence-electron chi connectivity index (χ1n) is 10.1.